The molecule has 0 bridgehead atoms. The minimum Gasteiger partial charge on any atom is -0.490 e. The largest absolute Gasteiger partial charge is 0.490 e. The molecule has 0 saturated heterocycles. The highest BCUT2D eigenvalue weighted by atomic mass is 35.5. The van der Waals surface area contributed by atoms with E-state index in [1.165, 1.54) is 18.2 Å². The van der Waals surface area contributed by atoms with E-state index in [4.69, 9.17) is 49.0 Å². The van der Waals surface area contributed by atoms with Gasteiger partial charge in [0.2, 0.25) is 5.90 Å². The Labute approximate surface area is 220 Å². The molecule has 0 radical (unpaired) electrons. The van der Waals surface area contributed by atoms with Gasteiger partial charge in [0.1, 0.15) is 6.61 Å². The molecule has 0 atom stereocenters. The van der Waals surface area contributed by atoms with E-state index < -0.39 is 10.9 Å². The third-order valence-electron chi connectivity index (χ3n) is 4.93. The molecule has 0 N–H and O–H groups in total. The van der Waals surface area contributed by atoms with Crippen molar-refractivity contribution in [1.29, 1.82) is 0 Å². The minimum atomic E-state index is -0.642. The van der Waals surface area contributed by atoms with Gasteiger partial charge in [0.15, 0.2) is 17.2 Å². The van der Waals surface area contributed by atoms with Crippen molar-refractivity contribution in [1.82, 2.24) is 0 Å². The van der Waals surface area contributed by atoms with Gasteiger partial charge >= 0.3 is 5.97 Å². The summed E-state index contributed by atoms with van der Waals surface area (Å²) in [7, 11) is 0. The van der Waals surface area contributed by atoms with E-state index in [0.717, 1.165) is 0 Å². The number of ether oxygens (including phenoxy) is 3. The third kappa shape index (κ3) is 5.79. The molecule has 0 spiro atoms. The van der Waals surface area contributed by atoms with Gasteiger partial charge in [0.05, 0.1) is 26.6 Å². The quantitative estimate of drug-likeness (QED) is 0.132. The fourth-order valence-electron chi connectivity index (χ4n) is 3.31. The molecule has 3 aromatic carbocycles. The molecule has 0 amide bonds. The highest BCUT2D eigenvalue weighted by molar-refractivity contribution is 6.42. The Morgan fingerprint density at radius 3 is 2.56 bits per heavy atom. The topological polar surface area (TPSA) is 100 Å². The second-order valence-corrected chi connectivity index (χ2v) is 8.67. The Morgan fingerprint density at radius 1 is 1.03 bits per heavy atom. The Hall–Kier alpha value is -3.59. The van der Waals surface area contributed by atoms with E-state index in [1.807, 2.05) is 0 Å². The molecule has 0 aromatic heterocycles. The van der Waals surface area contributed by atoms with Crippen LogP contribution in [0.5, 0.6) is 11.5 Å². The van der Waals surface area contributed by atoms with Crippen molar-refractivity contribution in [2.75, 3.05) is 6.61 Å². The monoisotopic (exact) mass is 546 g/mol. The molecule has 1 aliphatic heterocycles. The van der Waals surface area contributed by atoms with Gasteiger partial charge in [-0.1, -0.05) is 46.9 Å². The number of aliphatic imine (C=N–C) groups is 1. The van der Waals surface area contributed by atoms with Gasteiger partial charge in [-0.2, -0.15) is 0 Å². The van der Waals surface area contributed by atoms with Crippen LogP contribution in [0.3, 0.4) is 0 Å². The lowest BCUT2D eigenvalue weighted by molar-refractivity contribution is -0.384. The number of nitrogens with zero attached hydrogens (tertiary/aromatic N) is 2. The molecule has 0 unspecified atom stereocenters. The predicted molar refractivity (Wildman–Crippen MR) is 137 cm³/mol. The first kappa shape index (κ1) is 25.5. The summed E-state index contributed by atoms with van der Waals surface area (Å²) in [5.41, 5.74) is 1.63. The maximum absolute atomic E-state index is 12.4. The third-order valence-corrected chi connectivity index (χ3v) is 5.95. The van der Waals surface area contributed by atoms with E-state index >= 15 is 0 Å². The lowest BCUT2D eigenvalue weighted by Gasteiger charge is -2.14. The number of nitro groups is 1. The van der Waals surface area contributed by atoms with E-state index in [-0.39, 0.29) is 34.7 Å². The van der Waals surface area contributed by atoms with Crippen molar-refractivity contribution < 1.29 is 23.9 Å². The summed E-state index contributed by atoms with van der Waals surface area (Å²) in [5.74, 6) is 0.0532. The van der Waals surface area contributed by atoms with Crippen molar-refractivity contribution >= 4 is 58.4 Å². The number of esters is 1. The second kappa shape index (κ2) is 11.0. The van der Waals surface area contributed by atoms with Crippen LogP contribution in [0.15, 0.2) is 65.3 Å². The molecule has 0 saturated carbocycles. The first-order valence-corrected chi connectivity index (χ1v) is 11.7. The van der Waals surface area contributed by atoms with Gasteiger partial charge < -0.3 is 14.2 Å². The Morgan fingerprint density at radius 2 is 1.83 bits per heavy atom. The van der Waals surface area contributed by atoms with Gasteiger partial charge in [-0.05, 0) is 54.5 Å². The summed E-state index contributed by atoms with van der Waals surface area (Å²) < 4.78 is 16.8. The van der Waals surface area contributed by atoms with Gasteiger partial charge in [0.25, 0.3) is 5.69 Å². The smallest absolute Gasteiger partial charge is 0.363 e. The number of cyclic esters (lactones) is 1. The zero-order valence-corrected chi connectivity index (χ0v) is 20.9. The zero-order chi connectivity index (χ0) is 25.8. The minimum absolute atomic E-state index is 0.0333. The van der Waals surface area contributed by atoms with Crippen molar-refractivity contribution in [3.8, 4) is 11.5 Å². The predicted octanol–water partition coefficient (Wildman–Crippen LogP) is 6.88. The van der Waals surface area contributed by atoms with Crippen LogP contribution in [0, 0.1) is 10.1 Å². The summed E-state index contributed by atoms with van der Waals surface area (Å²) in [6.07, 6.45) is 1.51. The van der Waals surface area contributed by atoms with Gasteiger partial charge in [-0.3, -0.25) is 10.1 Å². The molecule has 1 aliphatic rings. The molecule has 8 nitrogen and oxygen atoms in total. The number of hydrogen-bond donors (Lipinski definition) is 0. The summed E-state index contributed by atoms with van der Waals surface area (Å²) >= 11 is 18.5. The molecule has 184 valence electrons. The van der Waals surface area contributed by atoms with Crippen molar-refractivity contribution in [2.45, 2.75) is 13.5 Å². The highest BCUT2D eigenvalue weighted by Gasteiger charge is 2.25. The summed E-state index contributed by atoms with van der Waals surface area (Å²) in [6.45, 7) is 2.16. The molecular formula is C25H17Cl3N2O6. The Bertz CT molecular complexity index is 1420. The molecule has 0 fully saturated rings. The van der Waals surface area contributed by atoms with E-state index in [1.54, 1.807) is 49.4 Å². The fraction of sp³-hybridized carbons (Fsp3) is 0.120. The number of benzene rings is 3. The number of non-ortho nitro benzene ring substituents is 1. The SMILES string of the molecule is CCOc1cc(/C=C2\N=C(c3ccc(Cl)c(Cl)c3)OC2=O)cc(Cl)c1OCc1cccc([N+](=O)[O-])c1. The van der Waals surface area contributed by atoms with Crippen molar-refractivity contribution in [3.05, 3.63) is 102 Å². The zero-order valence-electron chi connectivity index (χ0n) is 18.7. The number of carbonyl (C=O) groups excluding carboxylic acids is 1. The van der Waals surface area contributed by atoms with Crippen LogP contribution >= 0.6 is 34.8 Å². The van der Waals surface area contributed by atoms with Crippen LogP contribution in [0.2, 0.25) is 15.1 Å². The molecule has 1 heterocycles. The molecule has 36 heavy (non-hydrogen) atoms. The Balaban J connectivity index is 1.60. The van der Waals surface area contributed by atoms with Crippen molar-refractivity contribution in [3.63, 3.8) is 0 Å². The summed E-state index contributed by atoms with van der Waals surface area (Å²) in [5, 5.41) is 11.9. The number of hydrogen-bond acceptors (Lipinski definition) is 7. The van der Waals surface area contributed by atoms with Gasteiger partial charge in [0, 0.05) is 17.7 Å². The average molecular weight is 548 g/mol. The fourth-order valence-corrected chi connectivity index (χ4v) is 3.88. The number of rotatable bonds is 8. The lowest BCUT2D eigenvalue weighted by Crippen LogP contribution is -2.05. The highest BCUT2D eigenvalue weighted by Crippen LogP contribution is 2.38. The van der Waals surface area contributed by atoms with Crippen LogP contribution in [-0.2, 0) is 16.1 Å². The molecule has 11 heteroatoms. The normalized spacial score (nSPS) is 13.9. The van der Waals surface area contributed by atoms with Crippen LogP contribution in [0.1, 0.15) is 23.6 Å². The van der Waals surface area contributed by atoms with Crippen LogP contribution in [0.25, 0.3) is 6.08 Å². The van der Waals surface area contributed by atoms with Crippen LogP contribution in [0.4, 0.5) is 5.69 Å². The maximum atomic E-state index is 12.4. The van der Waals surface area contributed by atoms with Crippen LogP contribution < -0.4 is 9.47 Å². The van der Waals surface area contributed by atoms with E-state index in [0.29, 0.717) is 39.1 Å². The second-order valence-electron chi connectivity index (χ2n) is 7.44. The molecule has 0 aliphatic carbocycles. The number of nitro benzene ring substituents is 1. The van der Waals surface area contributed by atoms with Gasteiger partial charge in [-0.25, -0.2) is 9.79 Å². The van der Waals surface area contributed by atoms with E-state index in [9.17, 15) is 14.9 Å². The molecular weight excluding hydrogens is 531 g/mol. The Kier molecular flexibility index (Phi) is 7.79. The summed E-state index contributed by atoms with van der Waals surface area (Å²) in [6, 6.07) is 14.1. The van der Waals surface area contributed by atoms with Gasteiger partial charge in [-0.15, -0.1) is 0 Å². The first-order chi connectivity index (χ1) is 17.2. The van der Waals surface area contributed by atoms with E-state index in [2.05, 4.69) is 4.99 Å². The number of carbonyl (C=O) groups is 1. The number of halogens is 3. The standard InChI is InChI=1S/C25H17Cl3N2O6/c1-2-34-22-11-15(9-20(28)23(22)35-13-14-4-3-5-17(8-14)30(32)33)10-21-25(31)36-24(29-21)16-6-7-18(26)19(27)12-16/h3-12H,2,13H2,1H3/b21-10-. The summed E-state index contributed by atoms with van der Waals surface area (Å²) in [4.78, 5) is 27.2. The first-order valence-electron chi connectivity index (χ1n) is 10.6. The molecule has 4 rings (SSSR count). The lowest BCUT2D eigenvalue weighted by atomic mass is 10.1. The van der Waals surface area contributed by atoms with Crippen molar-refractivity contribution in [2.24, 2.45) is 4.99 Å². The van der Waals surface area contributed by atoms with Crippen LogP contribution in [-0.4, -0.2) is 23.4 Å². The maximum Gasteiger partial charge on any atom is 0.363 e. The average Bonchev–Trinajstić information content (AvgIpc) is 3.20. The molecule has 3 aromatic rings.